The largest absolute Gasteiger partial charge is 0.497 e. The van der Waals surface area contributed by atoms with Crippen molar-refractivity contribution >= 4 is 12.0 Å². The van der Waals surface area contributed by atoms with Crippen LogP contribution in [0.1, 0.15) is 50.3 Å². The summed E-state index contributed by atoms with van der Waals surface area (Å²) in [6.45, 7) is 9.80. The molecule has 1 fully saturated rings. The topological polar surface area (TPSA) is 91.8 Å². The maximum absolute atomic E-state index is 13.2. The van der Waals surface area contributed by atoms with Gasteiger partial charge in [-0.3, -0.25) is 9.69 Å². The number of aliphatic carboxylic acids is 1. The highest BCUT2D eigenvalue weighted by Gasteiger charge is 2.47. The standard InChI is InChI=1S/C29H39N3O6/c1-5-14-31(29(35)30(6-2)7-3)15-16-32-18-23(21-10-13-24-25(17-21)38-19-37-24)26(28(33)34)27(32)20-8-11-22(36-4)12-9-20/h8-13,17,23,26-27H,5-7,14-16,18-19H2,1-4H3,(H,33,34). The monoisotopic (exact) mass is 525 g/mol. The van der Waals surface area contributed by atoms with Gasteiger partial charge in [-0.15, -0.1) is 0 Å². The van der Waals surface area contributed by atoms with E-state index in [0.717, 1.165) is 23.3 Å². The fraction of sp³-hybridized carbons (Fsp3) is 0.517. The Balaban J connectivity index is 1.66. The molecule has 2 aromatic carbocycles. The third kappa shape index (κ3) is 5.67. The number of carboxylic acid groups (broad SMARTS) is 1. The van der Waals surface area contributed by atoms with E-state index >= 15 is 0 Å². The molecule has 0 saturated carbocycles. The van der Waals surface area contributed by atoms with Crippen molar-refractivity contribution in [2.45, 2.75) is 39.2 Å². The smallest absolute Gasteiger partial charge is 0.320 e. The van der Waals surface area contributed by atoms with Crippen LogP contribution >= 0.6 is 0 Å². The third-order valence-corrected chi connectivity index (χ3v) is 7.62. The Bertz CT molecular complexity index is 1100. The molecule has 9 heteroatoms. The van der Waals surface area contributed by atoms with E-state index in [9.17, 15) is 14.7 Å². The Labute approximate surface area is 224 Å². The van der Waals surface area contributed by atoms with Crippen LogP contribution in [0, 0.1) is 5.92 Å². The molecule has 2 aliphatic heterocycles. The summed E-state index contributed by atoms with van der Waals surface area (Å²) >= 11 is 0. The van der Waals surface area contributed by atoms with E-state index < -0.39 is 11.9 Å². The van der Waals surface area contributed by atoms with Gasteiger partial charge in [0.2, 0.25) is 6.79 Å². The molecule has 0 spiro atoms. The first kappa shape index (κ1) is 27.6. The lowest BCUT2D eigenvalue weighted by Gasteiger charge is -2.32. The highest BCUT2D eigenvalue weighted by molar-refractivity contribution is 5.75. The van der Waals surface area contributed by atoms with Crippen LogP contribution in [-0.4, -0.2) is 85.0 Å². The number of methoxy groups -OCH3 is 1. The molecule has 0 aromatic heterocycles. The minimum absolute atomic E-state index is 0.0270. The molecular formula is C29H39N3O6. The second kappa shape index (κ2) is 12.4. The second-order valence-corrected chi connectivity index (χ2v) is 9.74. The Morgan fingerprint density at radius 2 is 1.66 bits per heavy atom. The van der Waals surface area contributed by atoms with Gasteiger partial charge in [0.1, 0.15) is 5.75 Å². The molecular weight excluding hydrogens is 486 g/mol. The van der Waals surface area contributed by atoms with Crippen LogP contribution in [0.2, 0.25) is 0 Å². The molecule has 0 bridgehead atoms. The molecule has 0 aliphatic carbocycles. The van der Waals surface area contributed by atoms with Crippen LogP contribution in [-0.2, 0) is 4.79 Å². The number of hydrogen-bond acceptors (Lipinski definition) is 6. The lowest BCUT2D eigenvalue weighted by Crippen LogP contribution is -2.46. The number of carbonyl (C=O) groups excluding carboxylic acids is 1. The molecule has 206 valence electrons. The van der Waals surface area contributed by atoms with Gasteiger partial charge in [0, 0.05) is 51.2 Å². The number of urea groups is 1. The number of rotatable bonds is 11. The first-order chi connectivity index (χ1) is 18.4. The quantitative estimate of drug-likeness (QED) is 0.464. The van der Waals surface area contributed by atoms with E-state index in [1.807, 2.05) is 66.1 Å². The third-order valence-electron chi connectivity index (χ3n) is 7.62. The molecule has 1 N–H and O–H groups in total. The molecule has 9 nitrogen and oxygen atoms in total. The van der Waals surface area contributed by atoms with Gasteiger partial charge in [0.15, 0.2) is 11.5 Å². The molecule has 1 saturated heterocycles. The summed E-state index contributed by atoms with van der Waals surface area (Å²) in [5.74, 6) is 0.253. The van der Waals surface area contributed by atoms with Crippen LogP contribution < -0.4 is 14.2 Å². The van der Waals surface area contributed by atoms with E-state index in [2.05, 4.69) is 11.8 Å². The Morgan fingerprint density at radius 3 is 2.29 bits per heavy atom. The summed E-state index contributed by atoms with van der Waals surface area (Å²) < 4.78 is 16.4. The zero-order chi connectivity index (χ0) is 27.2. The average Bonchev–Trinajstić information content (AvgIpc) is 3.56. The van der Waals surface area contributed by atoms with Crippen LogP contribution in [0.3, 0.4) is 0 Å². The molecule has 2 amide bonds. The normalized spacial score (nSPS) is 20.4. The number of likely N-dealkylation sites (tertiary alicyclic amines) is 1. The molecule has 2 aromatic rings. The second-order valence-electron chi connectivity index (χ2n) is 9.74. The molecule has 0 radical (unpaired) electrons. The van der Waals surface area contributed by atoms with Gasteiger partial charge < -0.3 is 29.1 Å². The number of benzene rings is 2. The highest BCUT2D eigenvalue weighted by atomic mass is 16.7. The predicted molar refractivity (Wildman–Crippen MR) is 144 cm³/mol. The minimum atomic E-state index is -0.847. The number of amides is 2. The van der Waals surface area contributed by atoms with E-state index in [-0.39, 0.29) is 24.8 Å². The van der Waals surface area contributed by atoms with Crippen molar-refractivity contribution in [1.82, 2.24) is 14.7 Å². The molecule has 2 aliphatic rings. The van der Waals surface area contributed by atoms with E-state index in [0.29, 0.717) is 50.8 Å². The fourth-order valence-electron chi connectivity index (χ4n) is 5.66. The van der Waals surface area contributed by atoms with Gasteiger partial charge in [-0.25, -0.2) is 4.79 Å². The Morgan fingerprint density at radius 1 is 0.974 bits per heavy atom. The number of hydrogen-bond donors (Lipinski definition) is 1. The van der Waals surface area contributed by atoms with Crippen molar-refractivity contribution in [3.05, 3.63) is 53.6 Å². The highest BCUT2D eigenvalue weighted by Crippen LogP contribution is 2.47. The van der Waals surface area contributed by atoms with Gasteiger partial charge >= 0.3 is 12.0 Å². The number of ether oxygens (including phenoxy) is 3. The van der Waals surface area contributed by atoms with Crippen LogP contribution in [0.25, 0.3) is 0 Å². The van der Waals surface area contributed by atoms with Crippen molar-refractivity contribution in [2.75, 3.05) is 53.2 Å². The lowest BCUT2D eigenvalue weighted by atomic mass is 9.82. The summed E-state index contributed by atoms with van der Waals surface area (Å²) in [5.41, 5.74) is 1.82. The van der Waals surface area contributed by atoms with Crippen molar-refractivity contribution in [3.8, 4) is 17.2 Å². The SMILES string of the molecule is CCCN(CCN1CC(c2ccc3c(c2)OCO3)C(C(=O)O)C1c1ccc(OC)cc1)C(=O)N(CC)CC. The van der Waals surface area contributed by atoms with Gasteiger partial charge in [-0.2, -0.15) is 0 Å². The Kier molecular flexibility index (Phi) is 8.99. The van der Waals surface area contributed by atoms with Gasteiger partial charge in [-0.05, 0) is 55.7 Å². The van der Waals surface area contributed by atoms with E-state index in [1.54, 1.807) is 7.11 Å². The van der Waals surface area contributed by atoms with Gasteiger partial charge in [0.25, 0.3) is 0 Å². The summed E-state index contributed by atoms with van der Waals surface area (Å²) in [6, 6.07) is 13.0. The number of nitrogens with zero attached hydrogens (tertiary/aromatic N) is 3. The van der Waals surface area contributed by atoms with Gasteiger partial charge in [-0.1, -0.05) is 25.1 Å². The van der Waals surface area contributed by atoms with Crippen LogP contribution in [0.5, 0.6) is 17.2 Å². The Hall–Kier alpha value is -3.46. The van der Waals surface area contributed by atoms with Crippen molar-refractivity contribution in [2.24, 2.45) is 5.92 Å². The van der Waals surface area contributed by atoms with Crippen LogP contribution in [0.4, 0.5) is 4.79 Å². The average molecular weight is 526 g/mol. The zero-order valence-electron chi connectivity index (χ0n) is 22.8. The number of carbonyl (C=O) groups is 2. The van der Waals surface area contributed by atoms with Crippen molar-refractivity contribution in [3.63, 3.8) is 0 Å². The molecule has 3 atom stereocenters. The molecule has 4 rings (SSSR count). The minimum Gasteiger partial charge on any atom is -0.497 e. The molecule has 38 heavy (non-hydrogen) atoms. The van der Waals surface area contributed by atoms with E-state index in [1.165, 1.54) is 0 Å². The predicted octanol–water partition coefficient (Wildman–Crippen LogP) is 4.44. The first-order valence-corrected chi connectivity index (χ1v) is 13.5. The lowest BCUT2D eigenvalue weighted by molar-refractivity contribution is -0.143. The van der Waals surface area contributed by atoms with Crippen molar-refractivity contribution < 1.29 is 28.9 Å². The maximum atomic E-state index is 13.2. The summed E-state index contributed by atoms with van der Waals surface area (Å²) in [5, 5.41) is 10.5. The molecule has 2 heterocycles. The number of fused-ring (bicyclic) bond motifs is 1. The first-order valence-electron chi connectivity index (χ1n) is 13.5. The van der Waals surface area contributed by atoms with E-state index in [4.69, 9.17) is 14.2 Å². The summed E-state index contributed by atoms with van der Waals surface area (Å²) in [6.07, 6.45) is 0.854. The molecule has 3 unspecified atom stereocenters. The summed E-state index contributed by atoms with van der Waals surface area (Å²) in [7, 11) is 1.61. The zero-order valence-corrected chi connectivity index (χ0v) is 22.8. The number of carboxylic acids is 1. The van der Waals surface area contributed by atoms with Crippen molar-refractivity contribution in [1.29, 1.82) is 0 Å². The fourth-order valence-corrected chi connectivity index (χ4v) is 5.66. The summed E-state index contributed by atoms with van der Waals surface area (Å²) in [4.78, 5) is 31.9. The van der Waals surface area contributed by atoms with Crippen LogP contribution in [0.15, 0.2) is 42.5 Å². The maximum Gasteiger partial charge on any atom is 0.320 e. The van der Waals surface area contributed by atoms with Gasteiger partial charge in [0.05, 0.1) is 13.0 Å².